The first kappa shape index (κ1) is 12.8. The van der Waals surface area contributed by atoms with E-state index in [1.807, 2.05) is 0 Å². The van der Waals surface area contributed by atoms with Crippen LogP contribution < -0.4 is 0 Å². The minimum atomic E-state index is 0.513. The van der Waals surface area contributed by atoms with Gasteiger partial charge in [0.15, 0.2) is 4.77 Å². The SMILES string of the molecule is CCCc1n[nH]c(=S)n1C1CCN(C)CC1C. The minimum absolute atomic E-state index is 0.513. The normalized spacial score (nSPS) is 26.3. The Labute approximate surface area is 108 Å². The largest absolute Gasteiger partial charge is 0.306 e. The van der Waals surface area contributed by atoms with Gasteiger partial charge in [0.1, 0.15) is 5.82 Å². The highest BCUT2D eigenvalue weighted by molar-refractivity contribution is 7.71. The van der Waals surface area contributed by atoms with E-state index >= 15 is 0 Å². The number of H-pyrrole nitrogens is 1. The third kappa shape index (κ3) is 2.60. The lowest BCUT2D eigenvalue weighted by Crippen LogP contribution is -2.38. The van der Waals surface area contributed by atoms with Gasteiger partial charge >= 0.3 is 0 Å². The van der Waals surface area contributed by atoms with Crippen molar-refractivity contribution >= 4 is 12.2 Å². The quantitative estimate of drug-likeness (QED) is 0.842. The summed E-state index contributed by atoms with van der Waals surface area (Å²) in [6.07, 6.45) is 3.29. The molecule has 0 aromatic carbocycles. The molecule has 2 heterocycles. The summed E-state index contributed by atoms with van der Waals surface area (Å²) in [6, 6.07) is 0.513. The van der Waals surface area contributed by atoms with Crippen molar-refractivity contribution in [2.45, 2.75) is 39.2 Å². The lowest BCUT2D eigenvalue weighted by molar-refractivity contribution is 0.155. The molecule has 0 radical (unpaired) electrons. The van der Waals surface area contributed by atoms with E-state index in [-0.39, 0.29) is 0 Å². The first-order valence-corrected chi connectivity index (χ1v) is 6.88. The highest BCUT2D eigenvalue weighted by Gasteiger charge is 2.27. The second kappa shape index (κ2) is 5.31. The number of piperidine rings is 1. The molecule has 0 saturated carbocycles. The van der Waals surface area contributed by atoms with Gasteiger partial charge in [0, 0.05) is 19.0 Å². The molecule has 1 aromatic rings. The molecule has 2 atom stereocenters. The van der Waals surface area contributed by atoms with E-state index in [9.17, 15) is 0 Å². The van der Waals surface area contributed by atoms with Crippen LogP contribution in [0, 0.1) is 10.7 Å². The van der Waals surface area contributed by atoms with E-state index in [1.165, 1.54) is 6.42 Å². The zero-order valence-corrected chi connectivity index (χ0v) is 11.8. The number of aryl methyl sites for hydroxylation is 1. The van der Waals surface area contributed by atoms with E-state index in [1.54, 1.807) is 0 Å². The maximum absolute atomic E-state index is 5.38. The first-order chi connectivity index (χ1) is 8.13. The molecular formula is C12H22N4S. The number of nitrogens with zero attached hydrogens (tertiary/aromatic N) is 3. The monoisotopic (exact) mass is 254 g/mol. The Bertz CT molecular complexity index is 422. The number of hydrogen-bond donors (Lipinski definition) is 1. The zero-order chi connectivity index (χ0) is 12.4. The zero-order valence-electron chi connectivity index (χ0n) is 10.9. The van der Waals surface area contributed by atoms with Gasteiger partial charge in [0.25, 0.3) is 0 Å². The van der Waals surface area contributed by atoms with E-state index in [0.29, 0.717) is 12.0 Å². The van der Waals surface area contributed by atoms with Gasteiger partial charge in [-0.2, -0.15) is 5.10 Å². The van der Waals surface area contributed by atoms with Crippen molar-refractivity contribution in [3.05, 3.63) is 10.6 Å². The maximum Gasteiger partial charge on any atom is 0.195 e. The van der Waals surface area contributed by atoms with Crippen LogP contribution in [0.1, 0.15) is 38.6 Å². The molecule has 0 spiro atoms. The summed E-state index contributed by atoms with van der Waals surface area (Å²) in [5.74, 6) is 1.76. The first-order valence-electron chi connectivity index (χ1n) is 6.47. The highest BCUT2D eigenvalue weighted by atomic mass is 32.1. The third-order valence-electron chi connectivity index (χ3n) is 3.65. The molecule has 1 aliphatic rings. The summed E-state index contributed by atoms with van der Waals surface area (Å²) in [6.45, 7) is 6.78. The third-order valence-corrected chi connectivity index (χ3v) is 3.93. The summed E-state index contributed by atoms with van der Waals surface area (Å²) in [5.41, 5.74) is 0. The van der Waals surface area contributed by atoms with Gasteiger partial charge in [-0.3, -0.25) is 5.10 Å². The summed E-state index contributed by atoms with van der Waals surface area (Å²) >= 11 is 5.38. The minimum Gasteiger partial charge on any atom is -0.306 e. The maximum atomic E-state index is 5.38. The van der Waals surface area contributed by atoms with Crippen LogP contribution in [-0.4, -0.2) is 39.8 Å². The molecular weight excluding hydrogens is 232 g/mol. The van der Waals surface area contributed by atoms with E-state index in [2.05, 4.69) is 40.6 Å². The molecule has 0 aliphatic carbocycles. The highest BCUT2D eigenvalue weighted by Crippen LogP contribution is 2.28. The fourth-order valence-electron chi connectivity index (χ4n) is 2.80. The van der Waals surface area contributed by atoms with Crippen molar-refractivity contribution in [3.8, 4) is 0 Å². The number of hydrogen-bond acceptors (Lipinski definition) is 3. The predicted molar refractivity (Wildman–Crippen MR) is 71.7 cm³/mol. The van der Waals surface area contributed by atoms with Crippen LogP contribution >= 0.6 is 12.2 Å². The van der Waals surface area contributed by atoms with E-state index in [4.69, 9.17) is 12.2 Å². The summed E-state index contributed by atoms with van der Waals surface area (Å²) < 4.78 is 3.05. The molecule has 2 unspecified atom stereocenters. The molecule has 0 amide bonds. The van der Waals surface area contributed by atoms with Crippen LogP contribution in [0.15, 0.2) is 0 Å². The Morgan fingerprint density at radius 2 is 2.29 bits per heavy atom. The van der Waals surface area contributed by atoms with Crippen LogP contribution in [0.3, 0.4) is 0 Å². The number of rotatable bonds is 3. The van der Waals surface area contributed by atoms with Gasteiger partial charge in [0.2, 0.25) is 0 Å². The van der Waals surface area contributed by atoms with Crippen LogP contribution in [0.2, 0.25) is 0 Å². The number of aromatic nitrogens is 3. The molecule has 96 valence electrons. The lowest BCUT2D eigenvalue weighted by atomic mass is 9.94. The van der Waals surface area contributed by atoms with Gasteiger partial charge in [-0.1, -0.05) is 13.8 Å². The Morgan fingerprint density at radius 1 is 1.53 bits per heavy atom. The van der Waals surface area contributed by atoms with Crippen molar-refractivity contribution in [2.24, 2.45) is 5.92 Å². The standard InChI is InChI=1S/C12H22N4S/c1-4-5-11-13-14-12(17)16(11)10-6-7-15(3)8-9(10)2/h9-10H,4-8H2,1-3H3,(H,14,17). The molecule has 1 aliphatic heterocycles. The summed E-state index contributed by atoms with van der Waals surface area (Å²) in [7, 11) is 2.19. The molecule has 1 N–H and O–H groups in total. The van der Waals surface area contributed by atoms with Crippen molar-refractivity contribution in [3.63, 3.8) is 0 Å². The number of aromatic amines is 1. The Hall–Kier alpha value is -0.680. The van der Waals surface area contributed by atoms with Gasteiger partial charge in [0.05, 0.1) is 0 Å². The summed E-state index contributed by atoms with van der Waals surface area (Å²) in [5, 5.41) is 7.32. The molecule has 17 heavy (non-hydrogen) atoms. The summed E-state index contributed by atoms with van der Waals surface area (Å²) in [4.78, 5) is 2.39. The number of nitrogens with one attached hydrogen (secondary N) is 1. The average molecular weight is 254 g/mol. The van der Waals surface area contributed by atoms with E-state index in [0.717, 1.165) is 36.5 Å². The van der Waals surface area contributed by atoms with Gasteiger partial charge in [-0.05, 0) is 44.6 Å². The fraction of sp³-hybridized carbons (Fsp3) is 0.833. The second-order valence-electron chi connectivity index (χ2n) is 5.16. The Morgan fingerprint density at radius 3 is 2.94 bits per heavy atom. The molecule has 0 bridgehead atoms. The molecule has 1 saturated heterocycles. The number of likely N-dealkylation sites (tertiary alicyclic amines) is 1. The Kier molecular flexibility index (Phi) is 3.99. The smallest absolute Gasteiger partial charge is 0.195 e. The lowest BCUT2D eigenvalue weighted by Gasteiger charge is -2.35. The van der Waals surface area contributed by atoms with Crippen LogP contribution in [0.5, 0.6) is 0 Å². The van der Waals surface area contributed by atoms with Crippen molar-refractivity contribution in [1.29, 1.82) is 0 Å². The van der Waals surface area contributed by atoms with Crippen LogP contribution in [-0.2, 0) is 6.42 Å². The topological polar surface area (TPSA) is 36.9 Å². The van der Waals surface area contributed by atoms with Crippen molar-refractivity contribution in [1.82, 2.24) is 19.7 Å². The average Bonchev–Trinajstić information content (AvgIpc) is 2.62. The van der Waals surface area contributed by atoms with Crippen molar-refractivity contribution < 1.29 is 0 Å². The van der Waals surface area contributed by atoms with Gasteiger partial charge in [-0.15, -0.1) is 0 Å². The second-order valence-corrected chi connectivity index (χ2v) is 5.55. The van der Waals surface area contributed by atoms with Crippen LogP contribution in [0.4, 0.5) is 0 Å². The van der Waals surface area contributed by atoms with Crippen LogP contribution in [0.25, 0.3) is 0 Å². The molecule has 2 rings (SSSR count). The Balaban J connectivity index is 2.26. The van der Waals surface area contributed by atoms with Gasteiger partial charge in [-0.25, -0.2) is 0 Å². The predicted octanol–water partition coefficient (Wildman–Crippen LogP) is 2.41. The molecule has 4 nitrogen and oxygen atoms in total. The fourth-order valence-corrected chi connectivity index (χ4v) is 3.09. The van der Waals surface area contributed by atoms with Gasteiger partial charge < -0.3 is 9.47 Å². The van der Waals surface area contributed by atoms with Crippen molar-refractivity contribution in [2.75, 3.05) is 20.1 Å². The molecule has 5 heteroatoms. The van der Waals surface area contributed by atoms with E-state index < -0.39 is 0 Å². The molecule has 1 aromatic heterocycles. The molecule has 1 fully saturated rings.